The predicted octanol–water partition coefficient (Wildman–Crippen LogP) is 2.57. The molecule has 162 valence electrons. The smallest absolute Gasteiger partial charge is 0.466 e. The average Bonchev–Trinajstić information content (AvgIpc) is 2.62. The molecule has 0 saturated carbocycles. The molecule has 0 aromatic heterocycles. The summed E-state index contributed by atoms with van der Waals surface area (Å²) >= 11 is 0. The van der Waals surface area contributed by atoms with E-state index >= 15 is 0 Å². The van der Waals surface area contributed by atoms with Crippen LogP contribution >= 0.6 is 15.6 Å². The molecule has 10 nitrogen and oxygen atoms in total. The van der Waals surface area contributed by atoms with Crippen molar-refractivity contribution in [2.45, 2.75) is 0 Å². The molecule has 0 aliphatic rings. The first kappa shape index (κ1) is 25.5. The Bertz CT molecular complexity index is 929. The van der Waals surface area contributed by atoms with Crippen molar-refractivity contribution in [3.05, 3.63) is 72.8 Å². The summed E-state index contributed by atoms with van der Waals surface area (Å²) in [6, 6.07) is 22.2. The van der Waals surface area contributed by atoms with Crippen LogP contribution in [0.3, 0.4) is 0 Å². The summed E-state index contributed by atoms with van der Waals surface area (Å²) in [5.74, 6) is 0.320. The number of phenolic OH excluding ortho intramolecular Hbond substituents is 2. The van der Waals surface area contributed by atoms with Gasteiger partial charge in [-0.15, -0.1) is 0 Å². The molecule has 0 aliphatic carbocycles. The summed E-state index contributed by atoms with van der Waals surface area (Å²) < 4.78 is 17.8. The fourth-order valence-corrected chi connectivity index (χ4v) is 2.37. The minimum Gasteiger partial charge on any atom is -0.507 e. The number of phosphoric acid groups is 2. The second kappa shape index (κ2) is 11.0. The third kappa shape index (κ3) is 10.3. The highest BCUT2D eigenvalue weighted by Crippen LogP contribution is 2.43. The maximum Gasteiger partial charge on any atom is 0.466 e. The summed E-state index contributed by atoms with van der Waals surface area (Å²) in [5.41, 5.74) is 3.05. The maximum atomic E-state index is 10.2. The Hall–Kier alpha value is -2.52. The number of rotatable bonds is 2. The summed E-state index contributed by atoms with van der Waals surface area (Å²) in [5, 5.41) is 20.4. The van der Waals surface area contributed by atoms with Crippen LogP contribution in [-0.2, 0) is 9.13 Å². The van der Waals surface area contributed by atoms with Gasteiger partial charge in [0, 0.05) is 11.1 Å². The van der Waals surface area contributed by atoms with Crippen LogP contribution in [0.25, 0.3) is 22.3 Å². The van der Waals surface area contributed by atoms with E-state index < -0.39 is 15.6 Å². The quantitative estimate of drug-likeness (QED) is 0.209. The third-order valence-corrected chi connectivity index (χ3v) is 3.29. The molecule has 0 spiro atoms. The van der Waals surface area contributed by atoms with Gasteiger partial charge in [-0.2, -0.15) is 0 Å². The van der Waals surface area contributed by atoms with Crippen molar-refractivity contribution in [3.8, 4) is 33.8 Å². The molecule has 12 heteroatoms. The minimum absolute atomic E-state index is 0.160. The first-order valence-electron chi connectivity index (χ1n) is 7.99. The van der Waals surface area contributed by atoms with Gasteiger partial charge in [0.05, 0.1) is 0 Å². The van der Waals surface area contributed by atoms with Crippen LogP contribution in [-0.4, -0.2) is 39.6 Å². The molecular formula is C18H20O10P2. The lowest BCUT2D eigenvalue weighted by Gasteiger charge is -2.14. The molecule has 0 bridgehead atoms. The highest BCUT2D eigenvalue weighted by Gasteiger charge is 2.15. The zero-order valence-electron chi connectivity index (χ0n) is 15.2. The number of aromatic hydroxyl groups is 2. The van der Waals surface area contributed by atoms with E-state index in [4.69, 9.17) is 38.5 Å². The van der Waals surface area contributed by atoms with E-state index in [9.17, 15) is 10.2 Å². The lowest BCUT2D eigenvalue weighted by molar-refractivity contribution is 0.272. The monoisotopic (exact) mass is 458 g/mol. The van der Waals surface area contributed by atoms with E-state index in [0.717, 1.165) is 11.1 Å². The zero-order valence-corrected chi connectivity index (χ0v) is 17.0. The van der Waals surface area contributed by atoms with Crippen molar-refractivity contribution in [3.63, 3.8) is 0 Å². The van der Waals surface area contributed by atoms with Gasteiger partial charge in [0.1, 0.15) is 11.5 Å². The summed E-state index contributed by atoms with van der Waals surface area (Å²) in [7, 11) is -9.28. The van der Waals surface area contributed by atoms with Crippen molar-refractivity contribution in [2.75, 3.05) is 0 Å². The first-order valence-corrected chi connectivity index (χ1v) is 11.1. The molecule has 3 aromatic rings. The molecule has 0 saturated heterocycles. The molecule has 0 radical (unpaired) electrons. The Morgan fingerprint density at radius 1 is 0.467 bits per heavy atom. The molecule has 8 N–H and O–H groups in total. The molecule has 3 rings (SSSR count). The van der Waals surface area contributed by atoms with E-state index in [1.165, 1.54) is 12.1 Å². The molecule has 0 fully saturated rings. The van der Waals surface area contributed by atoms with Crippen LogP contribution < -0.4 is 0 Å². The van der Waals surface area contributed by atoms with E-state index in [2.05, 4.69) is 0 Å². The number of phenols is 2. The number of hydrogen-bond donors (Lipinski definition) is 8. The van der Waals surface area contributed by atoms with E-state index in [0.29, 0.717) is 11.1 Å². The van der Waals surface area contributed by atoms with Crippen molar-refractivity contribution in [1.82, 2.24) is 0 Å². The lowest BCUT2D eigenvalue weighted by atomic mass is 9.93. The zero-order chi connectivity index (χ0) is 22.9. The second-order valence-corrected chi connectivity index (χ2v) is 7.67. The van der Waals surface area contributed by atoms with Gasteiger partial charge in [-0.25, -0.2) is 9.13 Å². The Kier molecular flexibility index (Phi) is 9.38. The second-order valence-electron chi connectivity index (χ2n) is 5.61. The average molecular weight is 458 g/mol. The van der Waals surface area contributed by atoms with Crippen LogP contribution in [0, 0.1) is 0 Å². The van der Waals surface area contributed by atoms with Gasteiger partial charge in [-0.3, -0.25) is 0 Å². The van der Waals surface area contributed by atoms with Gasteiger partial charge in [0.2, 0.25) is 0 Å². The minimum atomic E-state index is -4.64. The van der Waals surface area contributed by atoms with Crippen molar-refractivity contribution in [2.24, 2.45) is 0 Å². The predicted molar refractivity (Wildman–Crippen MR) is 109 cm³/mol. The van der Waals surface area contributed by atoms with Gasteiger partial charge in [-0.05, 0) is 23.3 Å². The fraction of sp³-hybridized carbons (Fsp3) is 0. The third-order valence-electron chi connectivity index (χ3n) is 3.29. The summed E-state index contributed by atoms with van der Waals surface area (Å²) in [6.07, 6.45) is 0. The van der Waals surface area contributed by atoms with Crippen molar-refractivity contribution in [1.29, 1.82) is 0 Å². The van der Waals surface area contributed by atoms with Gasteiger partial charge in [0.15, 0.2) is 0 Å². The van der Waals surface area contributed by atoms with Gasteiger partial charge in [-0.1, -0.05) is 60.7 Å². The molecule has 0 unspecified atom stereocenters. The number of benzene rings is 3. The van der Waals surface area contributed by atoms with Gasteiger partial charge < -0.3 is 39.6 Å². The molecule has 30 heavy (non-hydrogen) atoms. The standard InChI is InChI=1S/C18H14O2.2H3O4P/c19-15-11-12-16(20)18(14-9-5-2-6-10-14)17(15)13-7-3-1-4-8-13;2*1-5(2,3)4/h1-12,19-20H;2*(H3,1,2,3,4). The summed E-state index contributed by atoms with van der Waals surface area (Å²) in [6.45, 7) is 0. The largest absolute Gasteiger partial charge is 0.507 e. The maximum absolute atomic E-state index is 10.2. The van der Waals surface area contributed by atoms with Gasteiger partial charge >= 0.3 is 15.6 Å². The normalized spacial score (nSPS) is 10.9. The molecule has 0 aliphatic heterocycles. The molecule has 0 heterocycles. The molecule has 0 atom stereocenters. The Morgan fingerprint density at radius 3 is 0.933 bits per heavy atom. The van der Waals surface area contributed by atoms with Crippen LogP contribution in [0.1, 0.15) is 0 Å². The van der Waals surface area contributed by atoms with Crippen LogP contribution in [0.4, 0.5) is 0 Å². The Balaban J connectivity index is 0.000000378. The highest BCUT2D eigenvalue weighted by atomic mass is 31.2. The van der Waals surface area contributed by atoms with Crippen molar-refractivity contribution >= 4 is 15.6 Å². The van der Waals surface area contributed by atoms with E-state index in [-0.39, 0.29) is 11.5 Å². The van der Waals surface area contributed by atoms with Crippen LogP contribution in [0.15, 0.2) is 72.8 Å². The topological polar surface area (TPSA) is 196 Å². The first-order chi connectivity index (χ1) is 13.8. The molecule has 3 aromatic carbocycles. The highest BCUT2D eigenvalue weighted by molar-refractivity contribution is 7.45. The Labute approximate surface area is 171 Å². The van der Waals surface area contributed by atoms with E-state index in [1.54, 1.807) is 0 Å². The number of hydrogen-bond acceptors (Lipinski definition) is 4. The SMILES string of the molecule is O=P(O)(O)O.O=P(O)(O)O.Oc1ccc(O)c(-c2ccccc2)c1-c1ccccc1. The van der Waals surface area contributed by atoms with Gasteiger partial charge in [0.25, 0.3) is 0 Å². The molecular weight excluding hydrogens is 438 g/mol. The lowest BCUT2D eigenvalue weighted by Crippen LogP contribution is -1.87. The van der Waals surface area contributed by atoms with Crippen molar-refractivity contribution < 1.29 is 48.7 Å². The van der Waals surface area contributed by atoms with E-state index in [1.807, 2.05) is 60.7 Å². The molecule has 0 amide bonds. The summed E-state index contributed by atoms with van der Waals surface area (Å²) in [4.78, 5) is 43.1. The van der Waals surface area contributed by atoms with Crippen LogP contribution in [0.2, 0.25) is 0 Å². The Morgan fingerprint density at radius 2 is 0.700 bits per heavy atom. The van der Waals surface area contributed by atoms with Crippen LogP contribution in [0.5, 0.6) is 11.5 Å². The fourth-order valence-electron chi connectivity index (χ4n) is 2.37.